The summed E-state index contributed by atoms with van der Waals surface area (Å²) in [7, 11) is -0.703. The van der Waals surface area contributed by atoms with Gasteiger partial charge >= 0.3 is 0 Å². The standard InChI is InChI=1S/C12H16ClNOS/c1-16(15)5-4-14-12-7-9-2-3-11(13)6-10(9)8-12/h2-3,6,12,14H,4-5,7-8H2,1H3. The fraction of sp³-hybridized carbons (Fsp3) is 0.500. The van der Waals surface area contributed by atoms with Crippen LogP contribution in [0.4, 0.5) is 0 Å². The Bertz CT molecular complexity index is 408. The van der Waals surface area contributed by atoms with Gasteiger partial charge in [-0.3, -0.25) is 4.21 Å². The summed E-state index contributed by atoms with van der Waals surface area (Å²) >= 11 is 5.96. The van der Waals surface area contributed by atoms with Crippen LogP contribution in [-0.4, -0.2) is 28.8 Å². The molecule has 1 aliphatic carbocycles. The maximum Gasteiger partial charge on any atom is 0.0408 e. The normalized spacial score (nSPS) is 20.8. The number of hydrogen-bond acceptors (Lipinski definition) is 2. The summed E-state index contributed by atoms with van der Waals surface area (Å²) in [6, 6.07) is 6.59. The predicted molar refractivity (Wildman–Crippen MR) is 69.6 cm³/mol. The van der Waals surface area contributed by atoms with Gasteiger partial charge in [0.25, 0.3) is 0 Å². The third-order valence-electron chi connectivity index (χ3n) is 2.92. The van der Waals surface area contributed by atoms with Gasteiger partial charge in [-0.2, -0.15) is 0 Å². The first kappa shape index (κ1) is 12.1. The zero-order valence-corrected chi connectivity index (χ0v) is 10.9. The van der Waals surface area contributed by atoms with E-state index in [1.807, 2.05) is 6.07 Å². The van der Waals surface area contributed by atoms with E-state index in [1.54, 1.807) is 6.26 Å². The molecule has 0 heterocycles. The molecule has 0 aromatic heterocycles. The average Bonchev–Trinajstić information content (AvgIpc) is 2.58. The maximum atomic E-state index is 10.9. The SMILES string of the molecule is CS(=O)CCNC1Cc2ccc(Cl)cc2C1. The number of fused-ring (bicyclic) bond motifs is 1. The molecule has 0 amide bonds. The molecule has 1 N–H and O–H groups in total. The second kappa shape index (κ2) is 5.30. The third kappa shape index (κ3) is 3.06. The highest BCUT2D eigenvalue weighted by Gasteiger charge is 2.20. The van der Waals surface area contributed by atoms with Gasteiger partial charge in [-0.05, 0) is 36.1 Å². The van der Waals surface area contributed by atoms with Crippen LogP contribution in [0.1, 0.15) is 11.1 Å². The van der Waals surface area contributed by atoms with Crippen molar-refractivity contribution in [3.8, 4) is 0 Å². The molecule has 0 aliphatic heterocycles. The van der Waals surface area contributed by atoms with Crippen molar-refractivity contribution in [3.05, 3.63) is 34.3 Å². The van der Waals surface area contributed by atoms with E-state index in [1.165, 1.54) is 11.1 Å². The van der Waals surface area contributed by atoms with Crippen LogP contribution in [-0.2, 0) is 23.6 Å². The van der Waals surface area contributed by atoms with Crippen LogP contribution in [0.25, 0.3) is 0 Å². The van der Waals surface area contributed by atoms with Gasteiger partial charge in [0.2, 0.25) is 0 Å². The summed E-state index contributed by atoms with van der Waals surface area (Å²) < 4.78 is 10.9. The van der Waals surface area contributed by atoms with Gasteiger partial charge < -0.3 is 5.32 Å². The minimum atomic E-state index is -0.703. The molecule has 1 aromatic carbocycles. The summed E-state index contributed by atoms with van der Waals surface area (Å²) in [5.41, 5.74) is 2.74. The van der Waals surface area contributed by atoms with Crippen molar-refractivity contribution in [3.63, 3.8) is 0 Å². The molecule has 2 nitrogen and oxygen atoms in total. The molecular weight excluding hydrogens is 242 g/mol. The van der Waals surface area contributed by atoms with Crippen LogP contribution in [0.5, 0.6) is 0 Å². The van der Waals surface area contributed by atoms with E-state index in [0.29, 0.717) is 6.04 Å². The predicted octanol–water partition coefficient (Wildman–Crippen LogP) is 1.78. The highest BCUT2D eigenvalue weighted by molar-refractivity contribution is 7.84. The number of hydrogen-bond donors (Lipinski definition) is 1. The van der Waals surface area contributed by atoms with E-state index in [0.717, 1.165) is 30.2 Å². The minimum absolute atomic E-state index is 0.483. The Morgan fingerprint density at radius 2 is 2.19 bits per heavy atom. The zero-order chi connectivity index (χ0) is 11.5. The lowest BCUT2D eigenvalue weighted by molar-refractivity contribution is 0.552. The summed E-state index contributed by atoms with van der Waals surface area (Å²) in [5, 5.41) is 4.26. The van der Waals surface area contributed by atoms with Crippen LogP contribution in [0.2, 0.25) is 5.02 Å². The van der Waals surface area contributed by atoms with Gasteiger partial charge in [-0.25, -0.2) is 0 Å². The first-order valence-electron chi connectivity index (χ1n) is 5.46. The molecule has 2 atom stereocenters. The van der Waals surface area contributed by atoms with E-state index in [9.17, 15) is 4.21 Å². The monoisotopic (exact) mass is 257 g/mol. The van der Waals surface area contributed by atoms with Gasteiger partial charge in [0.15, 0.2) is 0 Å². The summed E-state index contributed by atoms with van der Waals surface area (Å²) in [5.74, 6) is 0.730. The lowest BCUT2D eigenvalue weighted by atomic mass is 10.1. The molecule has 1 aliphatic rings. The van der Waals surface area contributed by atoms with Gasteiger partial charge in [-0.15, -0.1) is 0 Å². The maximum absolute atomic E-state index is 10.9. The van der Waals surface area contributed by atoms with Crippen molar-refractivity contribution in [2.45, 2.75) is 18.9 Å². The minimum Gasteiger partial charge on any atom is -0.312 e. The molecule has 16 heavy (non-hydrogen) atoms. The first-order chi connectivity index (χ1) is 7.65. The first-order valence-corrected chi connectivity index (χ1v) is 7.56. The Hall–Kier alpha value is -0.380. The van der Waals surface area contributed by atoms with Crippen molar-refractivity contribution in [1.82, 2.24) is 5.32 Å². The van der Waals surface area contributed by atoms with E-state index >= 15 is 0 Å². The summed E-state index contributed by atoms with van der Waals surface area (Å²) in [6.45, 7) is 0.829. The highest BCUT2D eigenvalue weighted by atomic mass is 35.5. The number of nitrogens with one attached hydrogen (secondary N) is 1. The van der Waals surface area contributed by atoms with Crippen molar-refractivity contribution >= 4 is 22.4 Å². The van der Waals surface area contributed by atoms with Crippen molar-refractivity contribution in [1.29, 1.82) is 0 Å². The van der Waals surface area contributed by atoms with Gasteiger partial charge in [0.1, 0.15) is 0 Å². The molecule has 0 radical (unpaired) electrons. The fourth-order valence-corrected chi connectivity index (χ4v) is 2.74. The molecule has 0 saturated heterocycles. The molecular formula is C12H16ClNOS. The summed E-state index contributed by atoms with van der Waals surface area (Å²) in [4.78, 5) is 0. The second-order valence-corrected chi connectivity index (χ2v) is 6.24. The Morgan fingerprint density at radius 1 is 1.44 bits per heavy atom. The van der Waals surface area contributed by atoms with E-state index in [4.69, 9.17) is 11.6 Å². The molecule has 1 aromatic rings. The van der Waals surface area contributed by atoms with Crippen LogP contribution >= 0.6 is 11.6 Å². The van der Waals surface area contributed by atoms with Crippen LogP contribution in [0.3, 0.4) is 0 Å². The van der Waals surface area contributed by atoms with E-state index < -0.39 is 10.8 Å². The smallest absolute Gasteiger partial charge is 0.0408 e. The molecule has 2 rings (SSSR count). The lowest BCUT2D eigenvalue weighted by Crippen LogP contribution is -2.32. The van der Waals surface area contributed by atoms with Crippen LogP contribution in [0.15, 0.2) is 18.2 Å². The molecule has 0 spiro atoms. The van der Waals surface area contributed by atoms with Crippen LogP contribution < -0.4 is 5.32 Å². The quantitative estimate of drug-likeness (QED) is 0.891. The van der Waals surface area contributed by atoms with Crippen molar-refractivity contribution in [2.75, 3.05) is 18.6 Å². The molecule has 0 saturated carbocycles. The second-order valence-electron chi connectivity index (χ2n) is 4.25. The van der Waals surface area contributed by atoms with Crippen molar-refractivity contribution in [2.24, 2.45) is 0 Å². The molecule has 0 fully saturated rings. The Balaban J connectivity index is 1.88. The molecule has 88 valence electrons. The van der Waals surface area contributed by atoms with E-state index in [2.05, 4.69) is 17.4 Å². The Morgan fingerprint density at radius 3 is 2.94 bits per heavy atom. The molecule has 2 unspecified atom stereocenters. The van der Waals surface area contributed by atoms with Gasteiger partial charge in [0.05, 0.1) is 0 Å². The Labute approximate surface area is 104 Å². The van der Waals surface area contributed by atoms with Gasteiger partial charge in [-0.1, -0.05) is 17.7 Å². The van der Waals surface area contributed by atoms with Crippen molar-refractivity contribution < 1.29 is 4.21 Å². The number of rotatable bonds is 4. The van der Waals surface area contributed by atoms with Crippen LogP contribution in [0, 0.1) is 0 Å². The molecule has 0 bridgehead atoms. The molecule has 4 heteroatoms. The average molecular weight is 258 g/mol. The van der Waals surface area contributed by atoms with Gasteiger partial charge in [0, 0.05) is 40.4 Å². The van der Waals surface area contributed by atoms with E-state index in [-0.39, 0.29) is 0 Å². The fourth-order valence-electron chi connectivity index (χ4n) is 2.14. The number of halogens is 1. The summed E-state index contributed by atoms with van der Waals surface area (Å²) in [6.07, 6.45) is 3.83. The number of benzene rings is 1. The topological polar surface area (TPSA) is 29.1 Å². The largest absolute Gasteiger partial charge is 0.312 e. The lowest BCUT2D eigenvalue weighted by Gasteiger charge is -2.10. The third-order valence-corrected chi connectivity index (χ3v) is 3.94. The zero-order valence-electron chi connectivity index (χ0n) is 9.33. The Kier molecular flexibility index (Phi) is 4.00. The highest BCUT2D eigenvalue weighted by Crippen LogP contribution is 2.25.